The van der Waals surface area contributed by atoms with Gasteiger partial charge in [0.25, 0.3) is 0 Å². The van der Waals surface area contributed by atoms with Gasteiger partial charge in [0.2, 0.25) is 0 Å². The summed E-state index contributed by atoms with van der Waals surface area (Å²) in [5.41, 5.74) is 0. The van der Waals surface area contributed by atoms with E-state index in [2.05, 4.69) is 10.6 Å². The van der Waals surface area contributed by atoms with Crippen LogP contribution in [0.3, 0.4) is 0 Å². The summed E-state index contributed by atoms with van der Waals surface area (Å²) in [7, 11) is 1.87. The van der Waals surface area contributed by atoms with Crippen LogP contribution in [0, 0.1) is 0 Å². The average molecular weight is 267 g/mol. The molecular formula is C11H20F3N3O. The maximum atomic E-state index is 12.1. The van der Waals surface area contributed by atoms with E-state index in [9.17, 15) is 18.0 Å². The Bertz CT molecular complexity index is 263. The van der Waals surface area contributed by atoms with Gasteiger partial charge in [-0.25, -0.2) is 0 Å². The van der Waals surface area contributed by atoms with Gasteiger partial charge in [-0.05, 0) is 32.7 Å². The van der Waals surface area contributed by atoms with Crippen LogP contribution in [0.4, 0.5) is 13.2 Å². The van der Waals surface area contributed by atoms with E-state index in [0.717, 1.165) is 25.9 Å². The minimum atomic E-state index is -4.78. The summed E-state index contributed by atoms with van der Waals surface area (Å²) in [6, 6.07) is -0.00105. The molecule has 1 aliphatic carbocycles. The van der Waals surface area contributed by atoms with Crippen molar-refractivity contribution in [3.05, 3.63) is 0 Å². The molecule has 0 aromatic rings. The van der Waals surface area contributed by atoms with Crippen molar-refractivity contribution in [3.8, 4) is 0 Å². The van der Waals surface area contributed by atoms with Gasteiger partial charge in [0.15, 0.2) is 0 Å². The fourth-order valence-electron chi connectivity index (χ4n) is 2.11. The highest BCUT2D eigenvalue weighted by atomic mass is 19.4. The molecule has 106 valence electrons. The highest BCUT2D eigenvalue weighted by molar-refractivity contribution is 5.81. The lowest BCUT2D eigenvalue weighted by Crippen LogP contribution is -2.47. The van der Waals surface area contributed by atoms with Crippen molar-refractivity contribution in [3.63, 3.8) is 0 Å². The van der Waals surface area contributed by atoms with Gasteiger partial charge in [-0.1, -0.05) is 0 Å². The van der Waals surface area contributed by atoms with Gasteiger partial charge in [-0.3, -0.25) is 4.79 Å². The van der Waals surface area contributed by atoms with E-state index in [0.29, 0.717) is 18.9 Å². The third-order valence-corrected chi connectivity index (χ3v) is 3.13. The van der Waals surface area contributed by atoms with Crippen LogP contribution in [0.2, 0.25) is 0 Å². The summed E-state index contributed by atoms with van der Waals surface area (Å²) >= 11 is 0. The Morgan fingerprint density at radius 2 is 1.67 bits per heavy atom. The molecule has 1 rings (SSSR count). The molecule has 4 nitrogen and oxygen atoms in total. The quantitative estimate of drug-likeness (QED) is 0.645. The number of amides is 1. The largest absolute Gasteiger partial charge is 0.471 e. The summed E-state index contributed by atoms with van der Waals surface area (Å²) < 4.78 is 36.2. The molecule has 7 heteroatoms. The molecule has 3 N–H and O–H groups in total. The molecule has 0 saturated heterocycles. The Labute approximate surface area is 105 Å². The number of nitrogens with one attached hydrogen (secondary N) is 3. The monoisotopic (exact) mass is 267 g/mol. The van der Waals surface area contributed by atoms with Gasteiger partial charge in [0.05, 0.1) is 0 Å². The molecule has 0 radical (unpaired) electrons. The lowest BCUT2D eigenvalue weighted by molar-refractivity contribution is -0.174. The second kappa shape index (κ2) is 6.94. The normalized spacial score (nSPS) is 24.9. The highest BCUT2D eigenvalue weighted by Gasteiger charge is 2.40. The van der Waals surface area contributed by atoms with Crippen molar-refractivity contribution in [1.82, 2.24) is 16.0 Å². The fraction of sp³-hybridized carbons (Fsp3) is 0.909. The second-order valence-corrected chi connectivity index (χ2v) is 4.58. The summed E-state index contributed by atoms with van der Waals surface area (Å²) in [5.74, 6) is -1.82. The topological polar surface area (TPSA) is 53.2 Å². The van der Waals surface area contributed by atoms with Gasteiger partial charge in [-0.2, -0.15) is 13.2 Å². The van der Waals surface area contributed by atoms with Crippen LogP contribution >= 0.6 is 0 Å². The smallest absolute Gasteiger partial charge is 0.346 e. The lowest BCUT2D eigenvalue weighted by atomic mass is 9.91. The Hall–Kier alpha value is -0.820. The Kier molecular flexibility index (Phi) is 5.87. The summed E-state index contributed by atoms with van der Waals surface area (Å²) in [6.07, 6.45) is -1.99. The Balaban J connectivity index is 2.21. The van der Waals surface area contributed by atoms with Gasteiger partial charge in [0.1, 0.15) is 0 Å². The molecule has 0 aliphatic heterocycles. The van der Waals surface area contributed by atoms with Crippen molar-refractivity contribution < 1.29 is 18.0 Å². The molecule has 18 heavy (non-hydrogen) atoms. The number of rotatable bonds is 5. The molecule has 0 bridgehead atoms. The van der Waals surface area contributed by atoms with Crippen molar-refractivity contribution >= 4 is 5.91 Å². The van der Waals surface area contributed by atoms with Crippen molar-refractivity contribution in [2.24, 2.45) is 0 Å². The molecule has 1 saturated carbocycles. The Morgan fingerprint density at radius 3 is 2.17 bits per heavy atom. The molecule has 1 aliphatic rings. The number of hydrogen-bond acceptors (Lipinski definition) is 3. The van der Waals surface area contributed by atoms with Crippen LogP contribution in [-0.2, 0) is 4.79 Å². The maximum Gasteiger partial charge on any atom is 0.471 e. The molecule has 0 spiro atoms. The summed E-state index contributed by atoms with van der Waals surface area (Å²) in [5, 5.41) is 8.39. The number of likely N-dealkylation sites (N-methyl/N-ethyl adjacent to an activating group) is 1. The van der Waals surface area contributed by atoms with E-state index >= 15 is 0 Å². The minimum absolute atomic E-state index is 0.345. The predicted octanol–water partition coefficient (Wildman–Crippen LogP) is 0.785. The van der Waals surface area contributed by atoms with Gasteiger partial charge in [0, 0.05) is 25.2 Å². The zero-order valence-corrected chi connectivity index (χ0v) is 10.4. The Morgan fingerprint density at radius 1 is 1.11 bits per heavy atom. The van der Waals surface area contributed by atoms with Gasteiger partial charge < -0.3 is 16.0 Å². The van der Waals surface area contributed by atoms with E-state index in [4.69, 9.17) is 0 Å². The molecule has 0 aromatic heterocycles. The first-order chi connectivity index (χ1) is 8.43. The number of carbonyl (C=O) groups excluding carboxylic acids is 1. The second-order valence-electron chi connectivity index (χ2n) is 4.58. The summed E-state index contributed by atoms with van der Waals surface area (Å²) in [4.78, 5) is 10.8. The maximum absolute atomic E-state index is 12.1. The molecular weight excluding hydrogens is 247 g/mol. The van der Waals surface area contributed by atoms with E-state index in [1.165, 1.54) is 0 Å². The summed E-state index contributed by atoms with van der Waals surface area (Å²) in [6.45, 7) is 1.71. The van der Waals surface area contributed by atoms with E-state index in [1.54, 1.807) is 0 Å². The van der Waals surface area contributed by atoms with Crippen molar-refractivity contribution in [2.75, 3.05) is 20.1 Å². The number of hydrogen-bond donors (Lipinski definition) is 3. The number of carbonyl (C=O) groups is 1. The highest BCUT2D eigenvalue weighted by Crippen LogP contribution is 2.21. The van der Waals surface area contributed by atoms with Crippen molar-refractivity contribution in [2.45, 2.75) is 43.9 Å². The third kappa shape index (κ3) is 5.22. The van der Waals surface area contributed by atoms with Gasteiger partial charge >= 0.3 is 12.1 Å². The standard InChI is InChI=1S/C11H20F3N3O/c1-15-6-7-16-8-2-4-9(5-3-8)17-10(18)11(12,13)14/h8-9,15-16H,2-7H2,1H3,(H,17,18). The van der Waals surface area contributed by atoms with Crippen LogP contribution in [0.5, 0.6) is 0 Å². The van der Waals surface area contributed by atoms with Crippen LogP contribution in [0.25, 0.3) is 0 Å². The zero-order chi connectivity index (χ0) is 13.6. The van der Waals surface area contributed by atoms with E-state index in [1.807, 2.05) is 12.4 Å². The fourth-order valence-corrected chi connectivity index (χ4v) is 2.11. The first-order valence-corrected chi connectivity index (χ1v) is 6.19. The predicted molar refractivity (Wildman–Crippen MR) is 62.2 cm³/mol. The molecule has 0 heterocycles. The SMILES string of the molecule is CNCCNC1CCC(NC(=O)C(F)(F)F)CC1. The average Bonchev–Trinajstić information content (AvgIpc) is 2.30. The zero-order valence-electron chi connectivity index (χ0n) is 10.4. The van der Waals surface area contributed by atoms with Crippen LogP contribution in [0.15, 0.2) is 0 Å². The van der Waals surface area contributed by atoms with Crippen LogP contribution in [0.1, 0.15) is 25.7 Å². The first-order valence-electron chi connectivity index (χ1n) is 6.19. The van der Waals surface area contributed by atoms with Crippen LogP contribution in [-0.4, -0.2) is 44.3 Å². The molecule has 1 fully saturated rings. The molecule has 0 unspecified atom stereocenters. The number of alkyl halides is 3. The van der Waals surface area contributed by atoms with Crippen molar-refractivity contribution in [1.29, 1.82) is 0 Å². The van der Waals surface area contributed by atoms with Crippen LogP contribution < -0.4 is 16.0 Å². The molecule has 1 amide bonds. The minimum Gasteiger partial charge on any atom is -0.346 e. The van der Waals surface area contributed by atoms with E-state index in [-0.39, 0.29) is 6.04 Å². The molecule has 0 aromatic carbocycles. The van der Waals surface area contributed by atoms with Gasteiger partial charge in [-0.15, -0.1) is 0 Å². The first kappa shape index (κ1) is 15.2. The number of halogens is 3. The molecule has 0 atom stereocenters. The lowest BCUT2D eigenvalue weighted by Gasteiger charge is -2.30. The van der Waals surface area contributed by atoms with E-state index < -0.39 is 12.1 Å². The third-order valence-electron chi connectivity index (χ3n) is 3.13.